The van der Waals surface area contributed by atoms with Crippen LogP contribution >= 0.6 is 11.7 Å². The van der Waals surface area contributed by atoms with Crippen molar-refractivity contribution >= 4 is 44.2 Å². The van der Waals surface area contributed by atoms with Crippen LogP contribution in [0.25, 0.3) is 11.0 Å². The lowest BCUT2D eigenvalue weighted by atomic mass is 10.2. The molecule has 1 aromatic heterocycles. The van der Waals surface area contributed by atoms with Gasteiger partial charge < -0.3 is 10.2 Å². The van der Waals surface area contributed by atoms with E-state index in [1.807, 2.05) is 24.3 Å². The molecule has 0 atom stereocenters. The molecule has 0 spiro atoms. The van der Waals surface area contributed by atoms with Crippen LogP contribution in [0.4, 0.5) is 11.4 Å². The maximum Gasteiger partial charge on any atom is 0.268 e. The Bertz CT molecular complexity index is 1160. The molecule has 2 aromatic carbocycles. The molecular weight excluding hydrogens is 382 g/mol. The van der Waals surface area contributed by atoms with Crippen molar-refractivity contribution in [2.45, 2.75) is 11.3 Å². The fourth-order valence-electron chi connectivity index (χ4n) is 3.60. The van der Waals surface area contributed by atoms with Gasteiger partial charge in [0.25, 0.3) is 10.0 Å². The lowest BCUT2D eigenvalue weighted by Gasteiger charge is -2.26. The van der Waals surface area contributed by atoms with Crippen LogP contribution in [-0.4, -0.2) is 36.9 Å². The van der Waals surface area contributed by atoms with Crippen LogP contribution in [0.2, 0.25) is 0 Å². The van der Waals surface area contributed by atoms with Gasteiger partial charge in [0.05, 0.1) is 23.1 Å². The third-order valence-electron chi connectivity index (χ3n) is 4.91. The fraction of sp³-hybridized carbons (Fsp3) is 0.222. The third kappa shape index (κ3) is 2.61. The van der Waals surface area contributed by atoms with Crippen molar-refractivity contribution < 1.29 is 8.42 Å². The minimum absolute atomic E-state index is 0.199. The summed E-state index contributed by atoms with van der Waals surface area (Å²) in [6, 6.07) is 12.7. The van der Waals surface area contributed by atoms with Gasteiger partial charge in [-0.1, -0.05) is 24.3 Å². The zero-order valence-corrected chi connectivity index (χ0v) is 16.0. The summed E-state index contributed by atoms with van der Waals surface area (Å²) in [6.07, 6.45) is 3.00. The number of anilines is 2. The van der Waals surface area contributed by atoms with Crippen LogP contribution in [0.3, 0.4) is 0 Å². The van der Waals surface area contributed by atoms with Crippen molar-refractivity contribution in [1.82, 2.24) is 14.1 Å². The molecule has 0 saturated heterocycles. The number of para-hydroxylation sites is 2. The molecule has 3 heterocycles. The van der Waals surface area contributed by atoms with Gasteiger partial charge in [0.1, 0.15) is 22.6 Å². The largest absolute Gasteiger partial charge is 0.324 e. The Labute approximate surface area is 161 Å². The van der Waals surface area contributed by atoms with Crippen molar-refractivity contribution in [3.05, 3.63) is 54.2 Å². The minimum atomic E-state index is -3.77. The van der Waals surface area contributed by atoms with Gasteiger partial charge in [-0.3, -0.25) is 0 Å². The Balaban J connectivity index is 1.63. The molecule has 5 rings (SSSR count). The molecule has 9 heteroatoms. The molecule has 0 radical (unpaired) electrons. The first kappa shape index (κ1) is 16.7. The van der Waals surface area contributed by atoms with Crippen molar-refractivity contribution in [2.24, 2.45) is 0 Å². The van der Waals surface area contributed by atoms with Crippen molar-refractivity contribution in [3.63, 3.8) is 0 Å². The molecule has 0 unspecified atom stereocenters. The Morgan fingerprint density at radius 3 is 2.70 bits per heavy atom. The number of aromatic nitrogens is 2. The van der Waals surface area contributed by atoms with Gasteiger partial charge in [-0.05, 0) is 30.7 Å². The molecule has 7 nitrogen and oxygen atoms in total. The molecule has 0 amide bonds. The number of benzene rings is 2. The minimum Gasteiger partial charge on any atom is -0.324 e. The Morgan fingerprint density at radius 1 is 1.04 bits per heavy atom. The first-order chi connectivity index (χ1) is 13.2. The summed E-state index contributed by atoms with van der Waals surface area (Å²) in [4.78, 5) is 2.29. The lowest BCUT2D eigenvalue weighted by Crippen LogP contribution is -2.37. The van der Waals surface area contributed by atoms with E-state index in [0.29, 0.717) is 16.7 Å². The Hall–Kier alpha value is -2.49. The number of hydrogen-bond donors (Lipinski definition) is 1. The van der Waals surface area contributed by atoms with E-state index in [1.54, 1.807) is 18.2 Å². The number of nitrogens with zero attached hydrogens (tertiary/aromatic N) is 4. The van der Waals surface area contributed by atoms with Crippen LogP contribution < -0.4 is 14.5 Å². The second-order valence-electron chi connectivity index (χ2n) is 6.45. The molecule has 2 aliphatic heterocycles. The highest BCUT2D eigenvalue weighted by Gasteiger charge is 2.37. The Kier molecular flexibility index (Phi) is 3.88. The van der Waals surface area contributed by atoms with Crippen LogP contribution in [0.15, 0.2) is 59.1 Å². The second kappa shape index (κ2) is 6.29. The molecule has 138 valence electrons. The smallest absolute Gasteiger partial charge is 0.268 e. The van der Waals surface area contributed by atoms with Crippen LogP contribution in [-0.2, 0) is 10.0 Å². The van der Waals surface area contributed by atoms with Gasteiger partial charge in [0.2, 0.25) is 0 Å². The lowest BCUT2D eigenvalue weighted by molar-refractivity contribution is 0.592. The quantitative estimate of drug-likeness (QED) is 0.729. The van der Waals surface area contributed by atoms with Crippen LogP contribution in [0.5, 0.6) is 0 Å². The summed E-state index contributed by atoms with van der Waals surface area (Å²) in [5.41, 5.74) is 3.79. The monoisotopic (exact) mass is 399 g/mol. The molecule has 0 fully saturated rings. The van der Waals surface area contributed by atoms with Gasteiger partial charge in [0.15, 0.2) is 0 Å². The van der Waals surface area contributed by atoms with Gasteiger partial charge in [-0.15, -0.1) is 0 Å². The van der Waals surface area contributed by atoms with Gasteiger partial charge in [-0.25, -0.2) is 12.7 Å². The average Bonchev–Trinajstić information content (AvgIpc) is 3.33. The van der Waals surface area contributed by atoms with E-state index in [9.17, 15) is 8.42 Å². The Morgan fingerprint density at radius 2 is 1.89 bits per heavy atom. The number of hydrogen-bond acceptors (Lipinski definition) is 7. The van der Waals surface area contributed by atoms with Crippen LogP contribution in [0, 0.1) is 0 Å². The second-order valence-corrected chi connectivity index (χ2v) is 8.81. The van der Waals surface area contributed by atoms with Crippen molar-refractivity contribution in [1.29, 1.82) is 0 Å². The first-order valence-corrected chi connectivity index (χ1v) is 10.8. The molecule has 27 heavy (non-hydrogen) atoms. The van der Waals surface area contributed by atoms with E-state index in [0.717, 1.165) is 42.6 Å². The molecule has 0 aliphatic carbocycles. The number of fused-ring (bicyclic) bond motifs is 2. The highest BCUT2D eigenvalue weighted by Crippen LogP contribution is 2.42. The van der Waals surface area contributed by atoms with E-state index < -0.39 is 10.0 Å². The summed E-state index contributed by atoms with van der Waals surface area (Å²) >= 11 is 1.03. The molecule has 1 N–H and O–H groups in total. The summed E-state index contributed by atoms with van der Waals surface area (Å²) in [5.74, 6) is 0. The molecule has 0 bridgehead atoms. The van der Waals surface area contributed by atoms with Gasteiger partial charge in [-0.2, -0.15) is 8.75 Å². The normalized spacial score (nSPS) is 17.3. The predicted octanol–water partition coefficient (Wildman–Crippen LogP) is 2.54. The van der Waals surface area contributed by atoms with Gasteiger partial charge in [0, 0.05) is 18.8 Å². The third-order valence-corrected chi connectivity index (χ3v) is 7.24. The van der Waals surface area contributed by atoms with E-state index in [4.69, 9.17) is 0 Å². The molecular formula is C18H17N5O2S2. The molecule has 3 aromatic rings. The highest BCUT2D eigenvalue weighted by molar-refractivity contribution is 7.93. The van der Waals surface area contributed by atoms with E-state index in [2.05, 4.69) is 25.0 Å². The number of rotatable bonds is 3. The summed E-state index contributed by atoms with van der Waals surface area (Å²) in [7, 11) is -3.77. The summed E-state index contributed by atoms with van der Waals surface area (Å²) in [5, 5.41) is 3.30. The highest BCUT2D eigenvalue weighted by atomic mass is 32.2. The van der Waals surface area contributed by atoms with Crippen LogP contribution in [0.1, 0.15) is 6.42 Å². The predicted molar refractivity (Wildman–Crippen MR) is 106 cm³/mol. The van der Waals surface area contributed by atoms with Crippen molar-refractivity contribution in [3.8, 4) is 0 Å². The fourth-order valence-corrected chi connectivity index (χ4v) is 5.77. The average molecular weight is 400 g/mol. The van der Waals surface area contributed by atoms with E-state index in [1.165, 1.54) is 4.31 Å². The maximum absolute atomic E-state index is 13.5. The SMILES string of the molecule is O=S(=O)(c1cccc2nsnc12)N1CN(C2=CCNCC2)c2ccccc21. The first-order valence-electron chi connectivity index (χ1n) is 8.66. The van der Waals surface area contributed by atoms with E-state index in [-0.39, 0.29) is 11.6 Å². The number of sulfonamides is 1. The maximum atomic E-state index is 13.5. The zero-order chi connectivity index (χ0) is 18.4. The zero-order valence-electron chi connectivity index (χ0n) is 14.4. The number of nitrogens with one attached hydrogen (secondary N) is 1. The van der Waals surface area contributed by atoms with E-state index >= 15 is 0 Å². The standard InChI is InChI=1S/C18H17N5O2S2/c24-27(25,17-7-3-4-14-18(17)21-26-20-14)23-12-22(13-8-10-19-11-9-13)15-5-1-2-6-16(15)23/h1-8,19H,9-12H2. The summed E-state index contributed by atoms with van der Waals surface area (Å²) < 4.78 is 36.9. The molecule has 2 aliphatic rings. The van der Waals surface area contributed by atoms with Crippen molar-refractivity contribution in [2.75, 3.05) is 29.0 Å². The topological polar surface area (TPSA) is 78.4 Å². The van der Waals surface area contributed by atoms with Gasteiger partial charge >= 0.3 is 0 Å². The molecule has 0 saturated carbocycles. The summed E-state index contributed by atoms with van der Waals surface area (Å²) in [6.45, 7) is 1.95.